The quantitative estimate of drug-likeness (QED) is 0.572. The van der Waals surface area contributed by atoms with E-state index < -0.39 is 0 Å². The van der Waals surface area contributed by atoms with Crippen LogP contribution in [-0.2, 0) is 11.2 Å². The van der Waals surface area contributed by atoms with Gasteiger partial charge in [0, 0.05) is 12.3 Å². The number of carbonyl (C=O) groups is 1. The van der Waals surface area contributed by atoms with E-state index in [0.29, 0.717) is 23.7 Å². The first kappa shape index (κ1) is 18.3. The van der Waals surface area contributed by atoms with Crippen molar-refractivity contribution < 1.29 is 19.0 Å². The number of aryl methyl sites for hydroxylation is 1. The highest BCUT2D eigenvalue weighted by Gasteiger charge is 2.20. The summed E-state index contributed by atoms with van der Waals surface area (Å²) >= 11 is 0. The maximum absolute atomic E-state index is 12.5. The Balaban J connectivity index is 1.59. The molecule has 1 fully saturated rings. The third kappa shape index (κ3) is 5.00. The second kappa shape index (κ2) is 9.27. The van der Waals surface area contributed by atoms with Crippen molar-refractivity contribution in [2.45, 2.75) is 51.0 Å². The van der Waals surface area contributed by atoms with Gasteiger partial charge in [-0.3, -0.25) is 5.10 Å². The van der Waals surface area contributed by atoms with Crippen molar-refractivity contribution in [3.05, 3.63) is 41.7 Å². The summed E-state index contributed by atoms with van der Waals surface area (Å²) in [4.78, 5) is 12.5. The van der Waals surface area contributed by atoms with Crippen molar-refractivity contribution in [1.82, 2.24) is 10.2 Å². The van der Waals surface area contributed by atoms with E-state index in [1.807, 2.05) is 6.20 Å². The maximum Gasteiger partial charge on any atom is 0.341 e. The molecule has 0 spiro atoms. The number of ether oxygens (including phenoxy) is 3. The minimum Gasteiger partial charge on any atom is -0.497 e. The van der Waals surface area contributed by atoms with Gasteiger partial charge in [-0.1, -0.05) is 6.42 Å². The van der Waals surface area contributed by atoms with Crippen LogP contribution >= 0.6 is 0 Å². The van der Waals surface area contributed by atoms with Crippen LogP contribution in [0.5, 0.6) is 11.5 Å². The van der Waals surface area contributed by atoms with Crippen LogP contribution in [0, 0.1) is 0 Å². The van der Waals surface area contributed by atoms with E-state index >= 15 is 0 Å². The van der Waals surface area contributed by atoms with Crippen LogP contribution in [-0.4, -0.2) is 36.0 Å². The lowest BCUT2D eigenvalue weighted by Gasteiger charge is -2.24. The lowest BCUT2D eigenvalue weighted by atomic mass is 9.97. The Morgan fingerprint density at radius 2 is 2.12 bits per heavy atom. The average Bonchev–Trinajstić information content (AvgIpc) is 3.19. The Bertz CT molecular complexity index is 694. The normalized spacial score (nSPS) is 14.8. The molecule has 0 radical (unpaired) electrons. The Morgan fingerprint density at radius 1 is 1.27 bits per heavy atom. The maximum atomic E-state index is 12.5. The van der Waals surface area contributed by atoms with Crippen molar-refractivity contribution in [2.75, 3.05) is 13.7 Å². The van der Waals surface area contributed by atoms with Crippen LogP contribution in [0.3, 0.4) is 0 Å². The summed E-state index contributed by atoms with van der Waals surface area (Å²) in [7, 11) is 1.60. The topological polar surface area (TPSA) is 73.4 Å². The van der Waals surface area contributed by atoms with Gasteiger partial charge in [0.05, 0.1) is 26.0 Å². The first-order chi connectivity index (χ1) is 12.8. The molecule has 1 aliphatic carbocycles. The smallest absolute Gasteiger partial charge is 0.341 e. The van der Waals surface area contributed by atoms with E-state index in [-0.39, 0.29) is 12.1 Å². The number of benzene rings is 1. The number of carbonyl (C=O) groups excluding carboxylic acids is 1. The molecule has 26 heavy (non-hydrogen) atoms. The zero-order valence-corrected chi connectivity index (χ0v) is 15.2. The molecule has 6 nitrogen and oxygen atoms in total. The molecule has 0 aliphatic heterocycles. The number of hydrogen-bond donors (Lipinski definition) is 1. The molecule has 0 bridgehead atoms. The van der Waals surface area contributed by atoms with Crippen molar-refractivity contribution in [3.8, 4) is 11.5 Å². The number of rotatable bonds is 8. The molecule has 3 rings (SSSR count). The third-order valence-corrected chi connectivity index (χ3v) is 4.65. The molecule has 2 aromatic rings. The molecule has 6 heteroatoms. The number of nitrogens with zero attached hydrogens (tertiary/aromatic N) is 1. The molecule has 0 amide bonds. The van der Waals surface area contributed by atoms with Gasteiger partial charge in [0.1, 0.15) is 17.1 Å². The monoisotopic (exact) mass is 358 g/mol. The van der Waals surface area contributed by atoms with Crippen molar-refractivity contribution in [2.24, 2.45) is 0 Å². The molecule has 1 heterocycles. The SMILES string of the molecule is COc1ccc(C(=O)OCCCc2cn[nH]c2)c(OC2CCCCC2)c1. The summed E-state index contributed by atoms with van der Waals surface area (Å²) in [5, 5.41) is 6.68. The highest BCUT2D eigenvalue weighted by Crippen LogP contribution is 2.30. The lowest BCUT2D eigenvalue weighted by molar-refractivity contribution is 0.0491. The predicted octanol–water partition coefficient (Wildman–Crippen LogP) is 3.92. The van der Waals surface area contributed by atoms with Gasteiger partial charge < -0.3 is 14.2 Å². The molecule has 1 saturated carbocycles. The van der Waals surface area contributed by atoms with Gasteiger partial charge in [-0.25, -0.2) is 4.79 Å². The fourth-order valence-corrected chi connectivity index (χ4v) is 3.19. The first-order valence-electron chi connectivity index (χ1n) is 9.26. The number of methoxy groups -OCH3 is 1. The van der Waals surface area contributed by atoms with E-state index in [4.69, 9.17) is 14.2 Å². The van der Waals surface area contributed by atoms with Crippen molar-refractivity contribution >= 4 is 5.97 Å². The summed E-state index contributed by atoms with van der Waals surface area (Å²) in [5.74, 6) is 0.869. The number of H-pyrrole nitrogens is 1. The van der Waals surface area contributed by atoms with Gasteiger partial charge in [0.25, 0.3) is 0 Å². The van der Waals surface area contributed by atoms with Crippen LogP contribution in [0.15, 0.2) is 30.6 Å². The summed E-state index contributed by atoms with van der Waals surface area (Å²) in [6, 6.07) is 5.25. The second-order valence-corrected chi connectivity index (χ2v) is 6.59. The molecule has 0 saturated heterocycles. The Hall–Kier alpha value is -2.50. The lowest BCUT2D eigenvalue weighted by Crippen LogP contribution is -2.21. The van der Waals surface area contributed by atoms with E-state index in [9.17, 15) is 4.79 Å². The molecule has 1 aliphatic rings. The molecule has 0 atom stereocenters. The Kier molecular flexibility index (Phi) is 6.52. The fourth-order valence-electron chi connectivity index (χ4n) is 3.19. The van der Waals surface area contributed by atoms with Gasteiger partial charge in [-0.05, 0) is 56.2 Å². The Labute approximate surface area is 153 Å². The predicted molar refractivity (Wildman–Crippen MR) is 97.7 cm³/mol. The minimum atomic E-state index is -0.356. The van der Waals surface area contributed by atoms with E-state index in [2.05, 4.69) is 10.2 Å². The van der Waals surface area contributed by atoms with Crippen LogP contribution < -0.4 is 9.47 Å². The standard InChI is InChI=1S/C20H26N2O4/c1-24-17-9-10-18(19(12-17)26-16-7-3-2-4-8-16)20(23)25-11-5-6-15-13-21-22-14-15/h9-10,12-14,16H,2-8,11H2,1H3,(H,21,22). The highest BCUT2D eigenvalue weighted by molar-refractivity contribution is 5.92. The molecule has 1 aromatic heterocycles. The molecule has 0 unspecified atom stereocenters. The molecule has 1 N–H and O–H groups in total. The van der Waals surface area contributed by atoms with Gasteiger partial charge in [0.2, 0.25) is 0 Å². The molecular formula is C20H26N2O4. The number of hydrogen-bond acceptors (Lipinski definition) is 5. The summed E-state index contributed by atoms with van der Waals surface area (Å²) in [6.45, 7) is 0.360. The van der Waals surface area contributed by atoms with Gasteiger partial charge >= 0.3 is 5.97 Å². The number of esters is 1. The van der Waals surface area contributed by atoms with Gasteiger partial charge in [0.15, 0.2) is 0 Å². The molecule has 1 aromatic carbocycles. The summed E-state index contributed by atoms with van der Waals surface area (Å²) in [5.41, 5.74) is 1.56. The van der Waals surface area contributed by atoms with Crippen molar-refractivity contribution in [1.29, 1.82) is 0 Å². The minimum absolute atomic E-state index is 0.156. The number of nitrogens with one attached hydrogen (secondary N) is 1. The fraction of sp³-hybridized carbons (Fsp3) is 0.500. The van der Waals surface area contributed by atoms with Crippen LogP contribution in [0.25, 0.3) is 0 Å². The zero-order chi connectivity index (χ0) is 18.2. The van der Waals surface area contributed by atoms with Crippen molar-refractivity contribution in [3.63, 3.8) is 0 Å². The van der Waals surface area contributed by atoms with Gasteiger partial charge in [-0.2, -0.15) is 5.10 Å². The van der Waals surface area contributed by atoms with Gasteiger partial charge in [-0.15, -0.1) is 0 Å². The van der Waals surface area contributed by atoms with Crippen LogP contribution in [0.4, 0.5) is 0 Å². The largest absolute Gasteiger partial charge is 0.497 e. The number of aromatic amines is 1. The van der Waals surface area contributed by atoms with E-state index in [1.165, 1.54) is 19.3 Å². The highest BCUT2D eigenvalue weighted by atomic mass is 16.5. The van der Waals surface area contributed by atoms with Crippen LogP contribution in [0.1, 0.15) is 54.4 Å². The molecule has 140 valence electrons. The first-order valence-corrected chi connectivity index (χ1v) is 9.26. The average molecular weight is 358 g/mol. The number of aromatic nitrogens is 2. The molecular weight excluding hydrogens is 332 g/mol. The third-order valence-electron chi connectivity index (χ3n) is 4.65. The summed E-state index contributed by atoms with van der Waals surface area (Å²) in [6.07, 6.45) is 11.0. The zero-order valence-electron chi connectivity index (χ0n) is 15.2. The van der Waals surface area contributed by atoms with E-state index in [0.717, 1.165) is 31.2 Å². The van der Waals surface area contributed by atoms with E-state index in [1.54, 1.807) is 31.5 Å². The second-order valence-electron chi connectivity index (χ2n) is 6.59. The Morgan fingerprint density at radius 3 is 2.85 bits per heavy atom. The summed E-state index contributed by atoms with van der Waals surface area (Å²) < 4.78 is 16.8. The van der Waals surface area contributed by atoms with Crippen LogP contribution in [0.2, 0.25) is 0 Å².